The zero-order valence-corrected chi connectivity index (χ0v) is 13.0. The Morgan fingerprint density at radius 3 is 2.45 bits per heavy atom. The van der Waals surface area contributed by atoms with Crippen molar-refractivity contribution in [1.29, 1.82) is 0 Å². The molecule has 0 atom stereocenters. The molecule has 0 fully saturated rings. The lowest BCUT2D eigenvalue weighted by atomic mass is 10.3. The van der Waals surface area contributed by atoms with Crippen LogP contribution in [-0.2, 0) is 14.8 Å². The van der Waals surface area contributed by atoms with E-state index in [-0.39, 0.29) is 23.3 Å². The molecule has 114 valence electrons. The van der Waals surface area contributed by atoms with Crippen molar-refractivity contribution in [2.45, 2.75) is 24.8 Å². The molecule has 0 spiro atoms. The molecule has 0 unspecified atom stereocenters. The van der Waals surface area contributed by atoms with E-state index in [0.717, 1.165) is 0 Å². The predicted molar refractivity (Wildman–Crippen MR) is 75.8 cm³/mol. The zero-order valence-electron chi connectivity index (χ0n) is 12.2. The quantitative estimate of drug-likeness (QED) is 0.735. The molecule has 0 radical (unpaired) electrons. The Hall–Kier alpha value is -1.31. The lowest BCUT2D eigenvalue weighted by molar-refractivity contribution is 0.0834. The number of ether oxygens (including phenoxy) is 3. The van der Waals surface area contributed by atoms with Gasteiger partial charge in [0.25, 0.3) is 0 Å². The smallest absolute Gasteiger partial charge is 0.244 e. The number of benzene rings is 1. The Kier molecular flexibility index (Phi) is 6.25. The molecule has 0 saturated carbocycles. The molecule has 20 heavy (non-hydrogen) atoms. The minimum atomic E-state index is -3.64. The number of nitrogens with one attached hydrogen (secondary N) is 1. The number of hydrogen-bond donors (Lipinski definition) is 1. The summed E-state index contributed by atoms with van der Waals surface area (Å²) in [6, 6.07) is 4.55. The van der Waals surface area contributed by atoms with E-state index in [1.807, 2.05) is 13.8 Å². The third kappa shape index (κ3) is 4.66. The van der Waals surface area contributed by atoms with Crippen molar-refractivity contribution in [1.82, 2.24) is 4.72 Å². The Labute approximate surface area is 120 Å². The van der Waals surface area contributed by atoms with E-state index in [1.165, 1.54) is 26.4 Å². The molecule has 1 N–H and O–H groups in total. The number of hydrogen-bond acceptors (Lipinski definition) is 5. The highest BCUT2D eigenvalue weighted by Gasteiger charge is 2.19. The lowest BCUT2D eigenvalue weighted by Crippen LogP contribution is -2.28. The largest absolute Gasteiger partial charge is 0.497 e. The minimum absolute atomic E-state index is 0.0648. The molecule has 0 aliphatic rings. The Balaban J connectivity index is 2.81. The molecule has 7 heteroatoms. The standard InChI is InChI=1S/C13H21NO5S/c1-10(2)19-8-7-14-20(15,16)13-6-5-11(17-3)9-12(13)18-4/h5-6,9-10,14H,7-8H2,1-4H3. The van der Waals surface area contributed by atoms with Gasteiger partial charge in [-0.25, -0.2) is 13.1 Å². The van der Waals surface area contributed by atoms with Crippen molar-refractivity contribution >= 4 is 10.0 Å². The van der Waals surface area contributed by atoms with Crippen LogP contribution in [0.25, 0.3) is 0 Å². The fourth-order valence-electron chi connectivity index (χ4n) is 1.55. The van der Waals surface area contributed by atoms with Gasteiger partial charge in [-0.3, -0.25) is 0 Å². The van der Waals surface area contributed by atoms with E-state index in [1.54, 1.807) is 6.07 Å². The molecule has 0 aliphatic heterocycles. The van der Waals surface area contributed by atoms with E-state index in [0.29, 0.717) is 12.4 Å². The Bertz CT molecular complexity index is 528. The number of rotatable bonds is 8. The molecule has 0 bridgehead atoms. The highest BCUT2D eigenvalue weighted by Crippen LogP contribution is 2.28. The maximum absolute atomic E-state index is 12.2. The van der Waals surface area contributed by atoms with Gasteiger partial charge in [-0.2, -0.15) is 0 Å². The predicted octanol–water partition coefficient (Wildman–Crippen LogP) is 1.41. The summed E-state index contributed by atoms with van der Waals surface area (Å²) < 4.78 is 42.2. The Morgan fingerprint density at radius 1 is 1.20 bits per heavy atom. The van der Waals surface area contributed by atoms with Gasteiger partial charge in [0, 0.05) is 12.6 Å². The second kappa shape index (κ2) is 7.47. The van der Waals surface area contributed by atoms with Crippen molar-refractivity contribution in [2.75, 3.05) is 27.4 Å². The summed E-state index contributed by atoms with van der Waals surface area (Å²) in [5.74, 6) is 0.769. The van der Waals surface area contributed by atoms with Gasteiger partial charge >= 0.3 is 0 Å². The second-order valence-corrected chi connectivity index (χ2v) is 6.07. The van der Waals surface area contributed by atoms with Crippen LogP contribution in [-0.4, -0.2) is 41.9 Å². The van der Waals surface area contributed by atoms with Gasteiger partial charge in [-0.15, -0.1) is 0 Å². The van der Waals surface area contributed by atoms with Crippen molar-refractivity contribution in [2.24, 2.45) is 0 Å². The highest BCUT2D eigenvalue weighted by molar-refractivity contribution is 7.89. The first kappa shape index (κ1) is 16.7. The van der Waals surface area contributed by atoms with Crippen molar-refractivity contribution < 1.29 is 22.6 Å². The van der Waals surface area contributed by atoms with Gasteiger partial charge in [-0.05, 0) is 26.0 Å². The minimum Gasteiger partial charge on any atom is -0.497 e. The van der Waals surface area contributed by atoms with E-state index in [9.17, 15) is 8.42 Å². The molecule has 6 nitrogen and oxygen atoms in total. The molecule has 0 aliphatic carbocycles. The molecule has 1 rings (SSSR count). The van der Waals surface area contributed by atoms with Crippen molar-refractivity contribution in [3.8, 4) is 11.5 Å². The maximum atomic E-state index is 12.2. The summed E-state index contributed by atoms with van der Waals surface area (Å²) in [4.78, 5) is 0.0744. The van der Waals surface area contributed by atoms with Gasteiger partial charge in [0.1, 0.15) is 16.4 Å². The van der Waals surface area contributed by atoms with Crippen LogP contribution in [0.1, 0.15) is 13.8 Å². The normalized spacial score (nSPS) is 11.7. The van der Waals surface area contributed by atoms with E-state index in [4.69, 9.17) is 14.2 Å². The summed E-state index contributed by atoms with van der Waals surface area (Å²) in [5, 5.41) is 0. The fourth-order valence-corrected chi connectivity index (χ4v) is 2.71. The summed E-state index contributed by atoms with van der Waals surface area (Å²) in [7, 11) is -0.720. The summed E-state index contributed by atoms with van der Waals surface area (Å²) >= 11 is 0. The zero-order chi connectivity index (χ0) is 15.2. The summed E-state index contributed by atoms with van der Waals surface area (Å²) in [6.45, 7) is 4.30. The van der Waals surface area contributed by atoms with E-state index >= 15 is 0 Å². The van der Waals surface area contributed by atoms with Crippen LogP contribution in [0.4, 0.5) is 0 Å². The first-order valence-electron chi connectivity index (χ1n) is 6.24. The van der Waals surface area contributed by atoms with Gasteiger partial charge in [0.2, 0.25) is 10.0 Å². The molecule has 1 aromatic carbocycles. The molecule has 0 amide bonds. The van der Waals surface area contributed by atoms with Gasteiger partial charge in [-0.1, -0.05) is 0 Å². The summed E-state index contributed by atoms with van der Waals surface area (Å²) in [6.07, 6.45) is 0.0648. The summed E-state index contributed by atoms with van der Waals surface area (Å²) in [5.41, 5.74) is 0. The average molecular weight is 303 g/mol. The first-order chi connectivity index (χ1) is 9.40. The van der Waals surface area contributed by atoms with Crippen LogP contribution in [0.5, 0.6) is 11.5 Å². The third-order valence-electron chi connectivity index (χ3n) is 2.51. The van der Waals surface area contributed by atoms with E-state index in [2.05, 4.69) is 4.72 Å². The fraction of sp³-hybridized carbons (Fsp3) is 0.538. The second-order valence-electron chi connectivity index (χ2n) is 4.33. The number of methoxy groups -OCH3 is 2. The monoisotopic (exact) mass is 303 g/mol. The lowest BCUT2D eigenvalue weighted by Gasteiger charge is -2.12. The van der Waals surface area contributed by atoms with Crippen molar-refractivity contribution in [3.05, 3.63) is 18.2 Å². The molecular formula is C13H21NO5S. The topological polar surface area (TPSA) is 73.9 Å². The Morgan fingerprint density at radius 2 is 1.90 bits per heavy atom. The number of sulfonamides is 1. The van der Waals surface area contributed by atoms with Crippen LogP contribution in [0, 0.1) is 0 Å². The molecule has 1 aromatic rings. The van der Waals surface area contributed by atoms with Crippen LogP contribution in [0.2, 0.25) is 0 Å². The van der Waals surface area contributed by atoms with Gasteiger partial charge in [0.15, 0.2) is 0 Å². The first-order valence-corrected chi connectivity index (χ1v) is 7.72. The van der Waals surface area contributed by atoms with Crippen LogP contribution in [0.15, 0.2) is 23.1 Å². The van der Waals surface area contributed by atoms with Gasteiger partial charge < -0.3 is 14.2 Å². The van der Waals surface area contributed by atoms with Crippen LogP contribution >= 0.6 is 0 Å². The molecular weight excluding hydrogens is 282 g/mol. The molecule has 0 heterocycles. The highest BCUT2D eigenvalue weighted by atomic mass is 32.2. The van der Waals surface area contributed by atoms with Crippen molar-refractivity contribution in [3.63, 3.8) is 0 Å². The third-order valence-corrected chi connectivity index (χ3v) is 4.01. The van der Waals surface area contributed by atoms with Crippen LogP contribution < -0.4 is 14.2 Å². The van der Waals surface area contributed by atoms with E-state index < -0.39 is 10.0 Å². The van der Waals surface area contributed by atoms with Gasteiger partial charge in [0.05, 0.1) is 26.9 Å². The maximum Gasteiger partial charge on any atom is 0.244 e. The average Bonchev–Trinajstić information content (AvgIpc) is 2.42. The SMILES string of the molecule is COc1ccc(S(=O)(=O)NCCOC(C)C)c(OC)c1. The van der Waals surface area contributed by atoms with Crippen LogP contribution in [0.3, 0.4) is 0 Å². The molecule has 0 aromatic heterocycles. The molecule has 0 saturated heterocycles.